The van der Waals surface area contributed by atoms with Gasteiger partial charge in [0.1, 0.15) is 5.82 Å². The zero-order valence-corrected chi connectivity index (χ0v) is 13.6. The van der Waals surface area contributed by atoms with E-state index >= 15 is 0 Å². The van der Waals surface area contributed by atoms with E-state index in [1.807, 2.05) is 11.9 Å². The van der Waals surface area contributed by atoms with Crippen molar-refractivity contribution in [2.24, 2.45) is 0 Å². The number of para-hydroxylation sites is 1. The normalized spacial score (nSPS) is 10.2. The number of anilines is 1. The maximum atomic E-state index is 13.6. The van der Waals surface area contributed by atoms with Gasteiger partial charge in [-0.3, -0.25) is 0 Å². The average molecular weight is 320 g/mol. The molecule has 0 bridgehead atoms. The Bertz CT molecular complexity index is 614. The second-order valence-electron chi connectivity index (χ2n) is 4.61. The fourth-order valence-corrected chi connectivity index (χ4v) is 2.43. The van der Waals surface area contributed by atoms with Crippen LogP contribution in [-0.2, 0) is 6.54 Å². The molecule has 0 aliphatic heterocycles. The van der Waals surface area contributed by atoms with Gasteiger partial charge in [-0.05, 0) is 48.3 Å². The molecule has 0 aliphatic rings. The lowest BCUT2D eigenvalue weighted by molar-refractivity contribution is 0.508. The van der Waals surface area contributed by atoms with Gasteiger partial charge >= 0.3 is 0 Å². The molecule has 2 aromatic rings. The number of thioether (sulfide) groups is 1. The third kappa shape index (κ3) is 4.44. The second-order valence-corrected chi connectivity index (χ2v) is 5.88. The number of hydrogen-bond acceptors (Lipinski definition) is 2. The van der Waals surface area contributed by atoms with Crippen LogP contribution in [-0.4, -0.2) is 23.3 Å². The molecule has 0 amide bonds. The first kappa shape index (κ1) is 15.8. The van der Waals surface area contributed by atoms with Crippen molar-refractivity contribution in [3.63, 3.8) is 0 Å². The molecule has 0 saturated carbocycles. The van der Waals surface area contributed by atoms with E-state index in [4.69, 9.17) is 12.2 Å². The number of hydrogen-bond donors (Lipinski definition) is 1. The van der Waals surface area contributed by atoms with Crippen LogP contribution in [0.2, 0.25) is 0 Å². The highest BCUT2D eigenvalue weighted by Gasteiger charge is 2.08. The highest BCUT2D eigenvalue weighted by atomic mass is 32.2. The highest BCUT2D eigenvalue weighted by molar-refractivity contribution is 7.98. The summed E-state index contributed by atoms with van der Waals surface area (Å²) in [5, 5.41) is 3.43. The second kappa shape index (κ2) is 7.43. The van der Waals surface area contributed by atoms with Crippen LogP contribution in [0.3, 0.4) is 0 Å². The van der Waals surface area contributed by atoms with E-state index in [9.17, 15) is 4.39 Å². The quantitative estimate of drug-likeness (QED) is 0.664. The minimum Gasteiger partial charge on any atom is -0.348 e. The standard InChI is InChI=1S/C16H17FN2S2/c1-19(11-12-7-9-13(21-2)10-8-12)16(20)18-15-6-4-3-5-14(15)17/h3-10H,11H2,1-2H3,(H,18,20). The minimum atomic E-state index is -0.308. The molecule has 21 heavy (non-hydrogen) atoms. The Balaban J connectivity index is 1.97. The van der Waals surface area contributed by atoms with E-state index in [1.165, 1.54) is 11.0 Å². The molecule has 0 aliphatic carbocycles. The van der Waals surface area contributed by atoms with Gasteiger partial charge in [-0.25, -0.2) is 4.39 Å². The fraction of sp³-hybridized carbons (Fsp3) is 0.188. The van der Waals surface area contributed by atoms with E-state index in [2.05, 4.69) is 35.8 Å². The lowest BCUT2D eigenvalue weighted by Gasteiger charge is -2.21. The molecule has 2 aromatic carbocycles. The highest BCUT2D eigenvalue weighted by Crippen LogP contribution is 2.17. The summed E-state index contributed by atoms with van der Waals surface area (Å²) >= 11 is 7.02. The Kier molecular flexibility index (Phi) is 5.59. The Morgan fingerprint density at radius 3 is 2.48 bits per heavy atom. The molecule has 0 aromatic heterocycles. The predicted octanol–water partition coefficient (Wildman–Crippen LogP) is 4.38. The zero-order valence-electron chi connectivity index (χ0n) is 12.0. The smallest absolute Gasteiger partial charge is 0.173 e. The summed E-state index contributed by atoms with van der Waals surface area (Å²) in [4.78, 5) is 3.11. The molecule has 2 rings (SSSR count). The monoisotopic (exact) mass is 320 g/mol. The molecule has 0 spiro atoms. The van der Waals surface area contributed by atoms with E-state index in [0.717, 1.165) is 5.56 Å². The van der Waals surface area contributed by atoms with Crippen LogP contribution in [0.4, 0.5) is 10.1 Å². The van der Waals surface area contributed by atoms with E-state index in [1.54, 1.807) is 30.0 Å². The Labute approximate surface area is 134 Å². The Hall–Kier alpha value is -1.59. The summed E-state index contributed by atoms with van der Waals surface area (Å²) in [6, 6.07) is 14.8. The molecule has 1 N–H and O–H groups in total. The summed E-state index contributed by atoms with van der Waals surface area (Å²) in [7, 11) is 1.89. The summed E-state index contributed by atoms with van der Waals surface area (Å²) in [6.07, 6.45) is 2.05. The molecular formula is C16H17FN2S2. The first-order valence-corrected chi connectivity index (χ1v) is 8.13. The van der Waals surface area contributed by atoms with E-state index in [0.29, 0.717) is 17.3 Å². The SMILES string of the molecule is CSc1ccc(CN(C)C(=S)Nc2ccccc2F)cc1. The average Bonchev–Trinajstić information content (AvgIpc) is 2.50. The van der Waals surface area contributed by atoms with Crippen molar-refractivity contribution < 1.29 is 4.39 Å². The molecule has 0 heterocycles. The minimum absolute atomic E-state index is 0.308. The molecule has 0 atom stereocenters. The van der Waals surface area contributed by atoms with E-state index < -0.39 is 0 Å². The molecule has 0 unspecified atom stereocenters. The first-order valence-electron chi connectivity index (χ1n) is 6.49. The third-order valence-corrected chi connectivity index (χ3v) is 4.20. The Morgan fingerprint density at radius 1 is 1.19 bits per heavy atom. The van der Waals surface area contributed by atoms with Gasteiger partial charge in [-0.2, -0.15) is 0 Å². The number of nitrogens with zero attached hydrogens (tertiary/aromatic N) is 1. The maximum absolute atomic E-state index is 13.6. The van der Waals surface area contributed by atoms with Crippen molar-refractivity contribution in [2.75, 3.05) is 18.6 Å². The van der Waals surface area contributed by atoms with Gasteiger partial charge in [0.15, 0.2) is 5.11 Å². The number of halogens is 1. The molecule has 5 heteroatoms. The zero-order chi connectivity index (χ0) is 15.2. The summed E-state index contributed by atoms with van der Waals surface area (Å²) in [6.45, 7) is 0.676. The van der Waals surface area contributed by atoms with Crippen molar-refractivity contribution in [1.29, 1.82) is 0 Å². The van der Waals surface area contributed by atoms with Crippen molar-refractivity contribution in [3.8, 4) is 0 Å². The van der Waals surface area contributed by atoms with Gasteiger partial charge < -0.3 is 10.2 Å². The third-order valence-electron chi connectivity index (χ3n) is 3.04. The topological polar surface area (TPSA) is 15.3 Å². The lowest BCUT2D eigenvalue weighted by Crippen LogP contribution is -2.30. The summed E-state index contributed by atoms with van der Waals surface area (Å²) in [5.41, 5.74) is 1.56. The number of benzene rings is 2. The first-order chi connectivity index (χ1) is 10.1. The van der Waals surface area contributed by atoms with Crippen LogP contribution in [0, 0.1) is 5.82 Å². The molecule has 0 saturated heterocycles. The van der Waals surface area contributed by atoms with Crippen LogP contribution >= 0.6 is 24.0 Å². The largest absolute Gasteiger partial charge is 0.348 e. The predicted molar refractivity (Wildman–Crippen MR) is 92.3 cm³/mol. The molecular weight excluding hydrogens is 303 g/mol. The van der Waals surface area contributed by atoms with E-state index in [-0.39, 0.29) is 5.82 Å². The number of thiocarbonyl (C=S) groups is 1. The van der Waals surface area contributed by atoms with Crippen LogP contribution < -0.4 is 5.32 Å². The van der Waals surface area contributed by atoms with Gasteiger partial charge in [-0.15, -0.1) is 11.8 Å². The van der Waals surface area contributed by atoms with Crippen molar-refractivity contribution in [2.45, 2.75) is 11.4 Å². The van der Waals surface area contributed by atoms with Gasteiger partial charge in [0, 0.05) is 18.5 Å². The van der Waals surface area contributed by atoms with Crippen LogP contribution in [0.25, 0.3) is 0 Å². The molecule has 2 nitrogen and oxygen atoms in total. The van der Waals surface area contributed by atoms with Crippen LogP contribution in [0.15, 0.2) is 53.4 Å². The summed E-state index contributed by atoms with van der Waals surface area (Å²) in [5.74, 6) is -0.308. The summed E-state index contributed by atoms with van der Waals surface area (Å²) < 4.78 is 13.6. The van der Waals surface area contributed by atoms with Crippen LogP contribution in [0.1, 0.15) is 5.56 Å². The fourth-order valence-electron chi connectivity index (χ4n) is 1.85. The number of nitrogens with one attached hydrogen (secondary N) is 1. The van der Waals surface area contributed by atoms with Crippen LogP contribution in [0.5, 0.6) is 0 Å². The van der Waals surface area contributed by atoms with Crippen molar-refractivity contribution in [1.82, 2.24) is 4.90 Å². The van der Waals surface area contributed by atoms with Gasteiger partial charge in [0.05, 0.1) is 5.69 Å². The Morgan fingerprint density at radius 2 is 1.86 bits per heavy atom. The maximum Gasteiger partial charge on any atom is 0.173 e. The van der Waals surface area contributed by atoms with Crippen molar-refractivity contribution >= 4 is 34.8 Å². The molecule has 110 valence electrons. The lowest BCUT2D eigenvalue weighted by atomic mass is 10.2. The van der Waals surface area contributed by atoms with Crippen molar-refractivity contribution in [3.05, 3.63) is 59.9 Å². The molecule has 0 radical (unpaired) electrons. The molecule has 0 fully saturated rings. The van der Waals surface area contributed by atoms with Gasteiger partial charge in [0.2, 0.25) is 0 Å². The van der Waals surface area contributed by atoms with Gasteiger partial charge in [-0.1, -0.05) is 24.3 Å². The van der Waals surface area contributed by atoms with Gasteiger partial charge in [0.25, 0.3) is 0 Å². The number of rotatable bonds is 4.